The molecule has 3 rings (SSSR count). The van der Waals surface area contributed by atoms with Crippen LogP contribution in [0.15, 0.2) is 54.6 Å². The number of hydrogen-bond donors (Lipinski definition) is 3. The molecule has 7 nitrogen and oxygen atoms in total. The molecule has 168 valence electrons. The Morgan fingerprint density at radius 2 is 1.62 bits per heavy atom. The Bertz CT molecular complexity index is 1030. The number of benzene rings is 2. The Morgan fingerprint density at radius 3 is 2.25 bits per heavy atom. The summed E-state index contributed by atoms with van der Waals surface area (Å²) in [6.07, 6.45) is 0.729. The minimum Gasteiger partial charge on any atom is -0.326 e. The highest BCUT2D eigenvalue weighted by Gasteiger charge is 2.27. The first-order chi connectivity index (χ1) is 15.4. The first-order valence-electron chi connectivity index (χ1n) is 10.7. The van der Waals surface area contributed by atoms with Crippen molar-refractivity contribution in [3.05, 3.63) is 60.2 Å². The van der Waals surface area contributed by atoms with Crippen molar-refractivity contribution in [2.45, 2.75) is 46.1 Å². The lowest BCUT2D eigenvalue weighted by Crippen LogP contribution is -2.49. The molecule has 0 radical (unpaired) electrons. The molecule has 0 fully saturated rings. The van der Waals surface area contributed by atoms with Gasteiger partial charge in [0.1, 0.15) is 11.0 Å². The summed E-state index contributed by atoms with van der Waals surface area (Å²) in [4.78, 5) is 25.5. The van der Waals surface area contributed by atoms with Crippen LogP contribution >= 0.6 is 11.3 Å². The predicted molar refractivity (Wildman–Crippen MR) is 130 cm³/mol. The molecule has 1 heterocycles. The number of urea groups is 1. The highest BCUT2D eigenvalue weighted by molar-refractivity contribution is 7.18. The van der Waals surface area contributed by atoms with E-state index in [-0.39, 0.29) is 11.8 Å². The molecule has 0 aliphatic carbocycles. The minimum atomic E-state index is -0.709. The Labute approximate surface area is 192 Å². The average Bonchev–Trinajstić information content (AvgIpc) is 3.26. The van der Waals surface area contributed by atoms with Gasteiger partial charge in [-0.25, -0.2) is 4.79 Å². The first-order valence-corrected chi connectivity index (χ1v) is 11.6. The second kappa shape index (κ2) is 10.9. The summed E-state index contributed by atoms with van der Waals surface area (Å²) >= 11 is 1.29. The smallest absolute Gasteiger partial charge is 0.319 e. The molecule has 0 saturated carbocycles. The standard InChI is InChI=1S/C24H29N5O2S/c1-5-16(4)20(26-23(31)25-19-13-11-17(12-14-19)15(2)3)21(30)27-24-29-28-22(32-24)18-9-7-6-8-10-18/h6-16,20H,5H2,1-4H3,(H2,25,26,31)(H,27,29,30). The summed E-state index contributed by atoms with van der Waals surface area (Å²) in [5.41, 5.74) is 2.80. The fraction of sp³-hybridized carbons (Fsp3) is 0.333. The summed E-state index contributed by atoms with van der Waals surface area (Å²) in [5, 5.41) is 17.8. The van der Waals surface area contributed by atoms with E-state index < -0.39 is 12.1 Å². The van der Waals surface area contributed by atoms with Crippen molar-refractivity contribution in [2.24, 2.45) is 5.92 Å². The van der Waals surface area contributed by atoms with Crippen molar-refractivity contribution in [2.75, 3.05) is 10.6 Å². The van der Waals surface area contributed by atoms with Crippen LogP contribution in [0.3, 0.4) is 0 Å². The summed E-state index contributed by atoms with van der Waals surface area (Å²) < 4.78 is 0. The van der Waals surface area contributed by atoms with Crippen molar-refractivity contribution >= 4 is 34.1 Å². The van der Waals surface area contributed by atoms with Crippen LogP contribution < -0.4 is 16.0 Å². The van der Waals surface area contributed by atoms with E-state index in [0.717, 1.165) is 17.0 Å². The van der Waals surface area contributed by atoms with Crippen LogP contribution in [-0.4, -0.2) is 28.2 Å². The number of anilines is 2. The summed E-state index contributed by atoms with van der Waals surface area (Å²) in [6.45, 7) is 8.14. The maximum atomic E-state index is 13.0. The van der Waals surface area contributed by atoms with Gasteiger partial charge in [-0.05, 0) is 29.5 Å². The number of nitrogens with one attached hydrogen (secondary N) is 3. The zero-order chi connectivity index (χ0) is 23.1. The average molecular weight is 452 g/mol. The number of amides is 3. The van der Waals surface area contributed by atoms with E-state index in [2.05, 4.69) is 40.0 Å². The molecular weight excluding hydrogens is 422 g/mol. The van der Waals surface area contributed by atoms with Gasteiger partial charge in [-0.3, -0.25) is 10.1 Å². The van der Waals surface area contributed by atoms with E-state index in [0.29, 0.717) is 16.7 Å². The van der Waals surface area contributed by atoms with Crippen molar-refractivity contribution in [1.29, 1.82) is 0 Å². The zero-order valence-electron chi connectivity index (χ0n) is 18.8. The normalized spacial score (nSPS) is 12.8. The van der Waals surface area contributed by atoms with Crippen molar-refractivity contribution in [1.82, 2.24) is 15.5 Å². The molecule has 1 aromatic heterocycles. The van der Waals surface area contributed by atoms with Crippen molar-refractivity contribution in [3.63, 3.8) is 0 Å². The fourth-order valence-corrected chi connectivity index (χ4v) is 3.87. The molecule has 0 aliphatic heterocycles. The van der Waals surface area contributed by atoms with E-state index in [4.69, 9.17) is 0 Å². The first kappa shape index (κ1) is 23.4. The van der Waals surface area contributed by atoms with Crippen LogP contribution in [-0.2, 0) is 4.79 Å². The highest BCUT2D eigenvalue weighted by atomic mass is 32.1. The third kappa shape index (κ3) is 6.13. The van der Waals surface area contributed by atoms with Gasteiger partial charge in [0.2, 0.25) is 11.0 Å². The van der Waals surface area contributed by atoms with E-state index in [9.17, 15) is 9.59 Å². The maximum absolute atomic E-state index is 13.0. The molecule has 3 amide bonds. The summed E-state index contributed by atoms with van der Waals surface area (Å²) in [7, 11) is 0. The summed E-state index contributed by atoms with van der Waals surface area (Å²) in [6, 6.07) is 16.2. The Hall–Kier alpha value is -3.26. The van der Waals surface area contributed by atoms with Crippen LogP contribution in [0.1, 0.15) is 45.6 Å². The van der Waals surface area contributed by atoms with Gasteiger partial charge < -0.3 is 10.6 Å². The number of hydrogen-bond acceptors (Lipinski definition) is 5. The van der Waals surface area contributed by atoms with E-state index in [1.54, 1.807) is 0 Å². The fourth-order valence-electron chi connectivity index (χ4n) is 3.12. The van der Waals surface area contributed by atoms with Crippen LogP contribution in [0, 0.1) is 5.92 Å². The summed E-state index contributed by atoms with van der Waals surface area (Å²) in [5.74, 6) is 0.0325. The molecule has 2 atom stereocenters. The van der Waals surface area contributed by atoms with Crippen LogP contribution in [0.25, 0.3) is 10.6 Å². The molecule has 8 heteroatoms. The van der Waals surface area contributed by atoms with Crippen LogP contribution in [0.2, 0.25) is 0 Å². The second-order valence-corrected chi connectivity index (χ2v) is 8.98. The lowest BCUT2D eigenvalue weighted by molar-refractivity contribution is -0.119. The Balaban J connectivity index is 1.64. The number of carbonyl (C=O) groups is 2. The van der Waals surface area contributed by atoms with Crippen LogP contribution in [0.4, 0.5) is 15.6 Å². The molecule has 0 bridgehead atoms. The van der Waals surface area contributed by atoms with Gasteiger partial charge in [0, 0.05) is 11.3 Å². The third-order valence-electron chi connectivity index (χ3n) is 5.29. The zero-order valence-corrected chi connectivity index (χ0v) is 19.6. The topological polar surface area (TPSA) is 96.0 Å². The predicted octanol–water partition coefficient (Wildman–Crippen LogP) is 5.50. The maximum Gasteiger partial charge on any atom is 0.319 e. The van der Waals surface area contributed by atoms with E-state index in [1.807, 2.05) is 68.4 Å². The molecule has 3 aromatic rings. The van der Waals surface area contributed by atoms with Crippen molar-refractivity contribution in [3.8, 4) is 10.6 Å². The lowest BCUT2D eigenvalue weighted by atomic mass is 9.98. The van der Waals surface area contributed by atoms with Gasteiger partial charge in [-0.1, -0.05) is 87.9 Å². The molecule has 0 aliphatic rings. The quantitative estimate of drug-likeness (QED) is 0.421. The monoisotopic (exact) mass is 451 g/mol. The molecular formula is C24H29N5O2S. The number of nitrogens with zero attached hydrogens (tertiary/aromatic N) is 2. The Morgan fingerprint density at radius 1 is 0.938 bits per heavy atom. The molecule has 2 unspecified atom stereocenters. The number of aromatic nitrogens is 2. The SMILES string of the molecule is CCC(C)C(NC(=O)Nc1ccc(C(C)C)cc1)C(=O)Nc1nnc(-c2ccccc2)s1. The van der Waals surface area contributed by atoms with Crippen molar-refractivity contribution < 1.29 is 9.59 Å². The van der Waals surface area contributed by atoms with Gasteiger partial charge in [0.15, 0.2) is 0 Å². The molecule has 3 N–H and O–H groups in total. The van der Waals surface area contributed by atoms with E-state index in [1.165, 1.54) is 16.9 Å². The van der Waals surface area contributed by atoms with E-state index >= 15 is 0 Å². The highest BCUT2D eigenvalue weighted by Crippen LogP contribution is 2.26. The third-order valence-corrected chi connectivity index (χ3v) is 6.18. The lowest BCUT2D eigenvalue weighted by Gasteiger charge is -2.23. The van der Waals surface area contributed by atoms with Gasteiger partial charge in [-0.15, -0.1) is 10.2 Å². The van der Waals surface area contributed by atoms with Crippen LogP contribution in [0.5, 0.6) is 0 Å². The molecule has 32 heavy (non-hydrogen) atoms. The molecule has 2 aromatic carbocycles. The van der Waals surface area contributed by atoms with Gasteiger partial charge >= 0.3 is 6.03 Å². The molecule has 0 spiro atoms. The van der Waals surface area contributed by atoms with Gasteiger partial charge in [0.05, 0.1) is 0 Å². The van der Waals surface area contributed by atoms with Gasteiger partial charge in [-0.2, -0.15) is 0 Å². The second-order valence-electron chi connectivity index (χ2n) is 8.01. The number of carbonyl (C=O) groups excluding carboxylic acids is 2. The largest absolute Gasteiger partial charge is 0.326 e. The molecule has 0 saturated heterocycles. The minimum absolute atomic E-state index is 0.0643. The Kier molecular flexibility index (Phi) is 7.94. The number of rotatable bonds is 8. The van der Waals surface area contributed by atoms with Gasteiger partial charge in [0.25, 0.3) is 0 Å².